The van der Waals surface area contributed by atoms with E-state index in [9.17, 15) is 0 Å². The SMILES string of the molecule is CC.CC.CC.CC1=CCc2cccnc2C1[O][Al]([CH3])[c]1ccc(-c2ccccc2)cc1.CCCC.CO. The summed E-state index contributed by atoms with van der Waals surface area (Å²) >= 11 is -1.53. The zero-order valence-corrected chi connectivity index (χ0v) is 27.2. The molecule has 3 nitrogen and oxygen atoms in total. The number of aromatic nitrogens is 1. The maximum Gasteiger partial charge on any atom is 0.499 e. The van der Waals surface area contributed by atoms with Crippen molar-refractivity contribution in [3.8, 4) is 11.1 Å². The number of benzene rings is 2. The second-order valence-electron chi connectivity index (χ2n) is 7.85. The predicted octanol–water partition coefficient (Wildman–Crippen LogP) is 9.33. The van der Waals surface area contributed by atoms with Gasteiger partial charge < -0.3 is 8.90 Å². The van der Waals surface area contributed by atoms with Crippen molar-refractivity contribution >= 4 is 18.9 Å². The van der Waals surface area contributed by atoms with Crippen LogP contribution in [0.15, 0.2) is 84.6 Å². The molecule has 1 aliphatic carbocycles. The Kier molecular flexibility index (Phi) is 25.0. The molecule has 0 spiro atoms. The van der Waals surface area contributed by atoms with Gasteiger partial charge in [0.05, 0.1) is 11.8 Å². The second-order valence-corrected chi connectivity index (χ2v) is 10.1. The van der Waals surface area contributed by atoms with Crippen molar-refractivity contribution in [1.82, 2.24) is 4.98 Å². The number of unbranched alkanes of at least 4 members (excludes halogenated alkanes) is 1. The van der Waals surface area contributed by atoms with Crippen molar-refractivity contribution in [3.05, 3.63) is 95.8 Å². The third-order valence-corrected chi connectivity index (χ3v) is 7.56. The highest BCUT2D eigenvalue weighted by atomic mass is 27.2. The molecule has 1 aliphatic rings. The first-order valence-electron chi connectivity index (χ1n) is 14.5. The first-order valence-corrected chi connectivity index (χ1v) is 16.7. The summed E-state index contributed by atoms with van der Waals surface area (Å²) in [6, 6.07) is 23.5. The van der Waals surface area contributed by atoms with Gasteiger partial charge in [0, 0.05) is 13.3 Å². The molecule has 1 heterocycles. The lowest BCUT2D eigenvalue weighted by Gasteiger charge is -2.27. The maximum atomic E-state index is 7.00. The minimum Gasteiger partial charge on any atom is -0.487 e. The maximum absolute atomic E-state index is 7.00. The molecule has 38 heavy (non-hydrogen) atoms. The van der Waals surface area contributed by atoms with Gasteiger partial charge in [0.1, 0.15) is 0 Å². The normalized spacial score (nSPS) is 12.3. The molecule has 1 unspecified atom stereocenters. The fourth-order valence-corrected chi connectivity index (χ4v) is 5.13. The largest absolute Gasteiger partial charge is 0.499 e. The van der Waals surface area contributed by atoms with Crippen LogP contribution in [0.4, 0.5) is 0 Å². The van der Waals surface area contributed by atoms with E-state index in [2.05, 4.69) is 92.2 Å². The summed E-state index contributed by atoms with van der Waals surface area (Å²) in [5, 5.41) is 7.00. The van der Waals surface area contributed by atoms with Gasteiger partial charge in [0.15, 0.2) is 0 Å². The average Bonchev–Trinajstić information content (AvgIpc) is 3.03. The van der Waals surface area contributed by atoms with Crippen LogP contribution in [-0.2, 0) is 10.2 Å². The molecule has 1 N–H and O–H groups in total. The smallest absolute Gasteiger partial charge is 0.487 e. The Morgan fingerprint density at radius 1 is 0.789 bits per heavy atom. The third-order valence-electron chi connectivity index (χ3n) is 5.56. The van der Waals surface area contributed by atoms with Gasteiger partial charge in [-0.25, -0.2) is 0 Å². The molecule has 4 rings (SSSR count). The molecule has 1 atom stereocenters. The Bertz CT molecular complexity index is 954. The molecular weight excluding hydrogens is 481 g/mol. The van der Waals surface area contributed by atoms with Gasteiger partial charge in [-0.1, -0.05) is 145 Å². The highest BCUT2D eigenvalue weighted by Crippen LogP contribution is 2.32. The average molecular weight is 536 g/mol. The minimum absolute atomic E-state index is 0.00424. The van der Waals surface area contributed by atoms with Crippen LogP contribution in [0.3, 0.4) is 0 Å². The zero-order chi connectivity index (χ0) is 29.3. The Balaban J connectivity index is 0. The number of fused-ring (bicyclic) bond motifs is 1. The highest BCUT2D eigenvalue weighted by molar-refractivity contribution is 6.66. The number of rotatable bonds is 5. The standard InChI is InChI=1S/C12H9.C10H10NO.C4H10.3C2H6.CH4O.CH3.Al/c1-3-7-11(8-4-1)12-9-5-2-6-10-12;1-7-4-5-8-3-2-6-11-9(8)10(7)12;1-3-4-2;4*1-2;;/h1,3-10H;2-4,6,10H,5H2,1H3;3-4H2,1-2H3;3*1-2H3;2H,1H3;1H3;/q;-1;;;;;;;+1. The number of aliphatic hydroxyl groups excluding tert-OH is 1. The van der Waals surface area contributed by atoms with Crippen LogP contribution in [0.2, 0.25) is 5.79 Å². The van der Waals surface area contributed by atoms with Gasteiger partial charge in [-0.05, 0) is 41.7 Å². The molecule has 0 bridgehead atoms. The Morgan fingerprint density at radius 2 is 1.32 bits per heavy atom. The molecule has 2 aromatic carbocycles. The van der Waals surface area contributed by atoms with Gasteiger partial charge in [-0.2, -0.15) is 0 Å². The molecule has 0 amide bonds. The molecule has 0 fully saturated rings. The van der Waals surface area contributed by atoms with E-state index in [4.69, 9.17) is 8.90 Å². The summed E-state index contributed by atoms with van der Waals surface area (Å²) in [6.07, 6.45) is 7.73. The van der Waals surface area contributed by atoms with Crippen LogP contribution in [-0.4, -0.2) is 31.7 Å². The van der Waals surface area contributed by atoms with Gasteiger partial charge in [0.2, 0.25) is 0 Å². The number of aliphatic hydroxyl groups is 1. The fourth-order valence-electron chi connectivity index (χ4n) is 3.48. The predicted molar refractivity (Wildman–Crippen MR) is 171 cm³/mol. The summed E-state index contributed by atoms with van der Waals surface area (Å²) in [5.74, 6) is 2.25. The van der Waals surface area contributed by atoms with Crippen molar-refractivity contribution in [2.75, 3.05) is 7.11 Å². The van der Waals surface area contributed by atoms with Crippen LogP contribution < -0.4 is 4.43 Å². The van der Waals surface area contributed by atoms with Gasteiger partial charge in [-0.15, -0.1) is 0 Å². The molecule has 0 aliphatic heterocycles. The number of pyridine rings is 1. The first-order chi connectivity index (χ1) is 18.6. The summed E-state index contributed by atoms with van der Waals surface area (Å²) in [4.78, 5) is 4.61. The van der Waals surface area contributed by atoms with Crippen molar-refractivity contribution in [1.29, 1.82) is 0 Å². The molecular formula is C34H54AlNO2. The summed E-state index contributed by atoms with van der Waals surface area (Å²) in [6.45, 7) is 18.5. The molecule has 1 aromatic heterocycles. The number of allylic oxidation sites excluding steroid dienone is 1. The van der Waals surface area contributed by atoms with E-state index in [1.54, 1.807) is 0 Å². The van der Waals surface area contributed by atoms with Gasteiger partial charge >= 0.3 is 14.5 Å². The molecule has 210 valence electrons. The summed E-state index contributed by atoms with van der Waals surface area (Å²) in [5.41, 5.74) is 6.14. The van der Waals surface area contributed by atoms with E-state index in [1.807, 2.05) is 59.9 Å². The molecule has 3 aromatic rings. The molecule has 4 heteroatoms. The highest BCUT2D eigenvalue weighted by Gasteiger charge is 2.28. The van der Waals surface area contributed by atoms with E-state index in [0.29, 0.717) is 0 Å². The van der Waals surface area contributed by atoms with E-state index >= 15 is 0 Å². The minimum atomic E-state index is -1.53. The van der Waals surface area contributed by atoms with Crippen molar-refractivity contribution in [3.63, 3.8) is 0 Å². The lowest BCUT2D eigenvalue weighted by molar-refractivity contribution is 0.241. The Labute approximate surface area is 239 Å². The summed E-state index contributed by atoms with van der Waals surface area (Å²) in [7, 11) is 1.00. The Hall–Kier alpha value is -2.22. The third kappa shape index (κ3) is 13.0. The number of hydrogen-bond acceptors (Lipinski definition) is 3. The number of hydrogen-bond donors (Lipinski definition) is 1. The van der Waals surface area contributed by atoms with Gasteiger partial charge in [0.25, 0.3) is 0 Å². The molecule has 0 radical (unpaired) electrons. The quantitative estimate of drug-likeness (QED) is 0.261. The first kappa shape index (κ1) is 37.9. The topological polar surface area (TPSA) is 42.4 Å². The van der Waals surface area contributed by atoms with Crippen molar-refractivity contribution in [2.24, 2.45) is 0 Å². The van der Waals surface area contributed by atoms with E-state index in [1.165, 1.54) is 39.5 Å². The molecule has 0 saturated heterocycles. The number of nitrogens with zero attached hydrogens (tertiary/aromatic N) is 1. The zero-order valence-electron chi connectivity index (χ0n) is 26.1. The van der Waals surface area contributed by atoms with Crippen molar-refractivity contribution < 1.29 is 8.90 Å². The van der Waals surface area contributed by atoms with Crippen LogP contribution >= 0.6 is 0 Å². The van der Waals surface area contributed by atoms with Crippen molar-refractivity contribution in [2.45, 2.75) is 93.5 Å². The van der Waals surface area contributed by atoms with E-state index in [0.717, 1.165) is 19.2 Å². The van der Waals surface area contributed by atoms with Gasteiger partial charge in [-0.3, -0.25) is 4.98 Å². The van der Waals surface area contributed by atoms with Crippen LogP contribution in [0.5, 0.6) is 0 Å². The van der Waals surface area contributed by atoms with Crippen LogP contribution in [0, 0.1) is 0 Å². The van der Waals surface area contributed by atoms with E-state index in [-0.39, 0.29) is 6.10 Å². The fraction of sp³-hybridized carbons (Fsp3) is 0.441. The lowest BCUT2D eigenvalue weighted by Crippen LogP contribution is -2.33. The van der Waals surface area contributed by atoms with E-state index < -0.39 is 14.5 Å². The monoisotopic (exact) mass is 535 g/mol. The lowest BCUT2D eigenvalue weighted by atomic mass is 9.94. The molecule has 0 saturated carbocycles. The summed E-state index contributed by atoms with van der Waals surface area (Å²) < 4.78 is 7.89. The second kappa shape index (κ2) is 25.1. The van der Waals surface area contributed by atoms with Crippen LogP contribution in [0.1, 0.15) is 92.5 Å². The van der Waals surface area contributed by atoms with Crippen LogP contribution in [0.25, 0.3) is 11.1 Å². The Morgan fingerprint density at radius 3 is 1.84 bits per heavy atom.